The van der Waals surface area contributed by atoms with Crippen LogP contribution >= 0.6 is 0 Å². The van der Waals surface area contributed by atoms with Gasteiger partial charge in [-0.2, -0.15) is 0 Å². The van der Waals surface area contributed by atoms with Gasteiger partial charge >= 0.3 is 0 Å². The number of fused-ring (bicyclic) bond motifs is 4. The molecule has 0 saturated heterocycles. The van der Waals surface area contributed by atoms with Gasteiger partial charge in [-0.05, 0) is 103 Å². The zero-order valence-corrected chi connectivity index (χ0v) is 35.0. The Balaban J connectivity index is 1.24. The van der Waals surface area contributed by atoms with Crippen LogP contribution in [-0.4, -0.2) is 58.1 Å². The summed E-state index contributed by atoms with van der Waals surface area (Å²) in [5.74, 6) is 2.68. The number of imidazole rings is 4. The van der Waals surface area contributed by atoms with Crippen LogP contribution in [-0.2, 0) is 0 Å². The van der Waals surface area contributed by atoms with Gasteiger partial charge < -0.3 is 0 Å². The molecule has 0 bridgehead atoms. The first-order valence-corrected chi connectivity index (χ1v) is 21.5. The van der Waals surface area contributed by atoms with Crippen LogP contribution in [0.4, 0.5) is 0 Å². The highest BCUT2D eigenvalue weighted by Crippen LogP contribution is 2.45. The van der Waals surface area contributed by atoms with Gasteiger partial charge in [0.1, 0.15) is 39.8 Å². The van der Waals surface area contributed by atoms with Crippen molar-refractivity contribution < 1.29 is 0 Å². The van der Waals surface area contributed by atoms with E-state index in [0.29, 0.717) is 40.2 Å². The van der Waals surface area contributed by atoms with Crippen molar-refractivity contribution in [2.75, 3.05) is 0 Å². The first-order chi connectivity index (χ1) is 32.8. The molecular weight excluding hydrogens is 817 g/mol. The van der Waals surface area contributed by atoms with Gasteiger partial charge in [0.15, 0.2) is 16.9 Å². The fourth-order valence-corrected chi connectivity index (χ4v) is 9.03. The maximum Gasteiger partial charge on any atom is 0.164 e. The van der Waals surface area contributed by atoms with E-state index < -0.39 is 0 Å². The molecule has 0 atom stereocenters. The fourth-order valence-electron chi connectivity index (χ4n) is 9.03. The summed E-state index contributed by atoms with van der Waals surface area (Å²) >= 11 is 0. The molecule has 13 rings (SSSR count). The molecule has 310 valence electrons. The molecular formula is C54H34N12. The van der Waals surface area contributed by atoms with Gasteiger partial charge in [0, 0.05) is 69.8 Å². The zero-order chi connectivity index (χ0) is 43.6. The molecule has 5 aromatic carbocycles. The third-order valence-corrected chi connectivity index (χ3v) is 11.9. The second kappa shape index (κ2) is 15.1. The van der Waals surface area contributed by atoms with Crippen molar-refractivity contribution >= 4 is 44.5 Å². The minimum atomic E-state index is 0.665. The molecule has 0 aliphatic carbocycles. The molecule has 8 aromatic heterocycles. The number of aromatic nitrogens is 12. The standard InChI is InChI=1S/C54H34N12/c1-5-16-35(17-6-1)63-47-34-55-31-27-43(47)59-48(63)39-32-41(50-61-45-25-14-29-57-53(45)65(50)37-20-9-3-10-21-37)42(51-62-46-26-15-30-58-54(46)66(51)38-22-11-4-12-23-38)33-40(39)49-60-44-24-13-28-56-52(44)64(49)36-18-7-2-8-19-36/h1-34H. The van der Waals surface area contributed by atoms with E-state index in [-0.39, 0.29) is 0 Å². The molecule has 0 unspecified atom stereocenters. The number of nitrogens with zero attached hydrogens (tertiary/aromatic N) is 12. The Bertz CT molecular complexity index is 3420. The van der Waals surface area contributed by atoms with Gasteiger partial charge in [-0.25, -0.2) is 34.9 Å². The molecule has 13 aromatic rings. The monoisotopic (exact) mass is 850 g/mol. The normalized spacial score (nSPS) is 11.6. The van der Waals surface area contributed by atoms with Crippen LogP contribution in [0.1, 0.15) is 0 Å². The van der Waals surface area contributed by atoms with Crippen LogP contribution in [0.3, 0.4) is 0 Å². The summed E-state index contributed by atoms with van der Waals surface area (Å²) in [5.41, 5.74) is 12.8. The molecule has 12 nitrogen and oxygen atoms in total. The minimum Gasteiger partial charge on any atom is -0.291 e. The lowest BCUT2D eigenvalue weighted by Gasteiger charge is -2.20. The van der Waals surface area contributed by atoms with Crippen LogP contribution in [0.2, 0.25) is 0 Å². The lowest BCUT2D eigenvalue weighted by atomic mass is 9.95. The van der Waals surface area contributed by atoms with Crippen molar-refractivity contribution in [1.82, 2.24) is 58.1 Å². The highest BCUT2D eigenvalue weighted by molar-refractivity contribution is 5.98. The molecule has 0 radical (unpaired) electrons. The van der Waals surface area contributed by atoms with Crippen LogP contribution in [0.15, 0.2) is 207 Å². The quantitative estimate of drug-likeness (QED) is 0.148. The van der Waals surface area contributed by atoms with Crippen molar-refractivity contribution in [2.24, 2.45) is 0 Å². The summed E-state index contributed by atoms with van der Waals surface area (Å²) in [4.78, 5) is 41.2. The number of para-hydroxylation sites is 4. The van der Waals surface area contributed by atoms with E-state index in [2.05, 4.69) is 83.9 Å². The molecule has 0 amide bonds. The summed E-state index contributed by atoms with van der Waals surface area (Å²) in [6.07, 6.45) is 9.07. The Hall–Kier alpha value is -9.42. The number of hydrogen-bond acceptors (Lipinski definition) is 8. The molecule has 0 aliphatic heterocycles. The van der Waals surface area contributed by atoms with Crippen molar-refractivity contribution in [3.63, 3.8) is 0 Å². The molecule has 66 heavy (non-hydrogen) atoms. The fraction of sp³-hybridized carbons (Fsp3) is 0. The van der Waals surface area contributed by atoms with Crippen molar-refractivity contribution in [1.29, 1.82) is 0 Å². The Morgan fingerprint density at radius 2 is 0.621 bits per heavy atom. The van der Waals surface area contributed by atoms with E-state index in [9.17, 15) is 0 Å². The number of benzene rings is 5. The highest BCUT2D eigenvalue weighted by atomic mass is 15.2. The Morgan fingerprint density at radius 1 is 0.288 bits per heavy atom. The predicted molar refractivity (Wildman–Crippen MR) is 258 cm³/mol. The van der Waals surface area contributed by atoms with Crippen LogP contribution < -0.4 is 0 Å². The smallest absolute Gasteiger partial charge is 0.164 e. The van der Waals surface area contributed by atoms with E-state index in [1.807, 2.05) is 134 Å². The van der Waals surface area contributed by atoms with E-state index in [1.165, 1.54) is 0 Å². The lowest BCUT2D eigenvalue weighted by Crippen LogP contribution is -2.06. The Morgan fingerprint density at radius 3 is 1.00 bits per heavy atom. The molecule has 0 aliphatic rings. The second-order valence-corrected chi connectivity index (χ2v) is 15.8. The van der Waals surface area contributed by atoms with Gasteiger partial charge in [-0.15, -0.1) is 0 Å². The minimum absolute atomic E-state index is 0.665. The number of rotatable bonds is 8. The third kappa shape index (κ3) is 5.93. The van der Waals surface area contributed by atoms with Crippen LogP contribution in [0.25, 0.3) is 113 Å². The highest BCUT2D eigenvalue weighted by Gasteiger charge is 2.30. The predicted octanol–water partition coefficient (Wildman–Crippen LogP) is 11.3. The third-order valence-electron chi connectivity index (χ3n) is 11.9. The topological polar surface area (TPSA) is 123 Å². The van der Waals surface area contributed by atoms with E-state index in [0.717, 1.165) is 72.6 Å². The number of pyridine rings is 4. The first kappa shape index (κ1) is 37.2. The van der Waals surface area contributed by atoms with E-state index in [1.54, 1.807) is 12.4 Å². The average molecular weight is 851 g/mol. The summed E-state index contributed by atoms with van der Waals surface area (Å²) in [6.45, 7) is 0. The zero-order valence-electron chi connectivity index (χ0n) is 35.0. The van der Waals surface area contributed by atoms with Gasteiger partial charge in [0.25, 0.3) is 0 Å². The summed E-state index contributed by atoms with van der Waals surface area (Å²) in [6, 6.07) is 59.1. The Kier molecular flexibility index (Phi) is 8.52. The SMILES string of the molecule is c1ccc(-n2c(-c3cc(-c4nc5cccnc5n4-c4ccccc4)c(-c4nc5cccnc5n4-c4ccccc4)cc3-c3nc4cccnc4n3-c3ccccc3)nc3ccncc32)cc1. The van der Waals surface area contributed by atoms with Gasteiger partial charge in [-0.1, -0.05) is 72.8 Å². The lowest BCUT2D eigenvalue weighted by molar-refractivity contribution is 1.05. The molecule has 0 N–H and O–H groups in total. The Labute approximate surface area is 376 Å². The van der Waals surface area contributed by atoms with Crippen LogP contribution in [0.5, 0.6) is 0 Å². The van der Waals surface area contributed by atoms with Gasteiger partial charge in [-0.3, -0.25) is 23.3 Å². The largest absolute Gasteiger partial charge is 0.291 e. The maximum atomic E-state index is 5.46. The average Bonchev–Trinajstić information content (AvgIpc) is 4.17. The van der Waals surface area contributed by atoms with Crippen molar-refractivity contribution in [3.05, 3.63) is 207 Å². The summed E-state index contributed by atoms with van der Waals surface area (Å²) < 4.78 is 8.54. The molecule has 0 spiro atoms. The second-order valence-electron chi connectivity index (χ2n) is 15.8. The summed E-state index contributed by atoms with van der Waals surface area (Å²) in [5, 5.41) is 0. The molecule has 8 heterocycles. The summed E-state index contributed by atoms with van der Waals surface area (Å²) in [7, 11) is 0. The van der Waals surface area contributed by atoms with E-state index in [4.69, 9.17) is 34.9 Å². The van der Waals surface area contributed by atoms with Crippen LogP contribution in [0, 0.1) is 0 Å². The first-order valence-electron chi connectivity index (χ1n) is 21.5. The maximum absolute atomic E-state index is 5.46. The van der Waals surface area contributed by atoms with Gasteiger partial charge in [0.2, 0.25) is 0 Å². The molecule has 0 fully saturated rings. The van der Waals surface area contributed by atoms with Gasteiger partial charge in [0.05, 0.1) is 17.2 Å². The molecule has 12 heteroatoms. The van der Waals surface area contributed by atoms with Crippen molar-refractivity contribution in [3.8, 4) is 68.3 Å². The number of hydrogen-bond donors (Lipinski definition) is 0. The van der Waals surface area contributed by atoms with Crippen molar-refractivity contribution in [2.45, 2.75) is 0 Å². The molecule has 0 saturated carbocycles. The van der Waals surface area contributed by atoms with E-state index >= 15 is 0 Å².